The molecule has 1 aliphatic rings. The van der Waals surface area contributed by atoms with Crippen LogP contribution in [0.1, 0.15) is 52.9 Å². The molecule has 2 unspecified atom stereocenters. The Balaban J connectivity index is 2.72. The van der Waals surface area contributed by atoms with Crippen LogP contribution in [-0.4, -0.2) is 47.8 Å². The monoisotopic (exact) mass is 242 g/mol. The van der Waals surface area contributed by atoms with Gasteiger partial charge in [-0.25, -0.2) is 0 Å². The van der Waals surface area contributed by atoms with E-state index in [1.165, 1.54) is 12.8 Å². The molecule has 1 fully saturated rings. The lowest BCUT2D eigenvalue weighted by Gasteiger charge is -2.47. The molecular weight excluding hydrogens is 212 g/mol. The van der Waals surface area contributed by atoms with Crippen molar-refractivity contribution in [2.45, 2.75) is 70.0 Å². The highest BCUT2D eigenvalue weighted by Gasteiger charge is 2.38. The topological polar surface area (TPSA) is 35.5 Å². The van der Waals surface area contributed by atoms with Gasteiger partial charge in [-0.3, -0.25) is 4.90 Å². The Morgan fingerprint density at radius 2 is 2.12 bits per heavy atom. The number of hydrogen-bond acceptors (Lipinski definition) is 3. The van der Waals surface area contributed by atoms with Crippen LogP contribution in [0.15, 0.2) is 0 Å². The molecule has 0 amide bonds. The maximum Gasteiger partial charge on any atom is 0.0613 e. The van der Waals surface area contributed by atoms with Crippen molar-refractivity contribution in [1.82, 2.24) is 10.2 Å². The third kappa shape index (κ3) is 3.21. The fraction of sp³-hybridized carbons (Fsp3) is 1.00. The highest BCUT2D eigenvalue weighted by molar-refractivity contribution is 4.97. The van der Waals surface area contributed by atoms with Gasteiger partial charge < -0.3 is 10.4 Å². The van der Waals surface area contributed by atoms with E-state index in [0.29, 0.717) is 6.04 Å². The maximum absolute atomic E-state index is 9.62. The summed E-state index contributed by atoms with van der Waals surface area (Å²) in [6.45, 7) is 7.11. The van der Waals surface area contributed by atoms with Crippen molar-refractivity contribution in [2.75, 3.05) is 20.7 Å². The average molecular weight is 242 g/mol. The van der Waals surface area contributed by atoms with E-state index >= 15 is 0 Å². The molecule has 2 atom stereocenters. The Morgan fingerprint density at radius 3 is 2.59 bits per heavy atom. The first-order chi connectivity index (χ1) is 7.90. The van der Waals surface area contributed by atoms with Crippen LogP contribution in [0.25, 0.3) is 0 Å². The maximum atomic E-state index is 9.62. The van der Waals surface area contributed by atoms with Gasteiger partial charge in [0.25, 0.3) is 0 Å². The third-order valence-corrected chi connectivity index (χ3v) is 5.02. The van der Waals surface area contributed by atoms with Crippen LogP contribution in [0.2, 0.25) is 0 Å². The lowest BCUT2D eigenvalue weighted by molar-refractivity contribution is 0.0272. The van der Waals surface area contributed by atoms with Crippen LogP contribution in [0.4, 0.5) is 0 Å². The van der Waals surface area contributed by atoms with Gasteiger partial charge in [0.05, 0.1) is 6.61 Å². The van der Waals surface area contributed by atoms with Crippen LogP contribution in [0.5, 0.6) is 0 Å². The van der Waals surface area contributed by atoms with Gasteiger partial charge >= 0.3 is 0 Å². The molecule has 1 aliphatic carbocycles. The Bertz CT molecular complexity index is 236. The molecule has 0 radical (unpaired) electrons. The van der Waals surface area contributed by atoms with Crippen molar-refractivity contribution in [3.05, 3.63) is 0 Å². The fourth-order valence-electron chi connectivity index (χ4n) is 2.86. The minimum Gasteiger partial charge on any atom is -0.394 e. The van der Waals surface area contributed by atoms with E-state index in [1.807, 2.05) is 7.05 Å². The van der Waals surface area contributed by atoms with Crippen molar-refractivity contribution < 1.29 is 5.11 Å². The summed E-state index contributed by atoms with van der Waals surface area (Å²) in [6.07, 6.45) is 5.77. The summed E-state index contributed by atoms with van der Waals surface area (Å²) in [5.74, 6) is 0. The molecule has 1 rings (SSSR count). The molecule has 0 aliphatic heterocycles. The Hall–Kier alpha value is -0.120. The van der Waals surface area contributed by atoms with E-state index in [1.54, 1.807) is 0 Å². The van der Waals surface area contributed by atoms with E-state index in [2.05, 4.69) is 38.0 Å². The molecule has 102 valence electrons. The Morgan fingerprint density at radius 1 is 1.47 bits per heavy atom. The summed E-state index contributed by atoms with van der Waals surface area (Å²) in [5, 5.41) is 13.0. The van der Waals surface area contributed by atoms with E-state index in [0.717, 1.165) is 19.3 Å². The second kappa shape index (κ2) is 5.68. The predicted molar refractivity (Wildman–Crippen MR) is 73.3 cm³/mol. The SMILES string of the molecule is CCC(C)(C)N(C)C1CCCC(CO)(NC)C1. The fourth-order valence-corrected chi connectivity index (χ4v) is 2.86. The molecule has 3 heteroatoms. The number of hydrogen-bond donors (Lipinski definition) is 2. The van der Waals surface area contributed by atoms with E-state index in [9.17, 15) is 5.11 Å². The third-order valence-electron chi connectivity index (χ3n) is 5.02. The highest BCUT2D eigenvalue weighted by atomic mass is 16.3. The van der Waals surface area contributed by atoms with Gasteiger partial charge in [0.1, 0.15) is 0 Å². The highest BCUT2D eigenvalue weighted by Crippen LogP contribution is 2.33. The zero-order valence-corrected chi connectivity index (χ0v) is 12.2. The van der Waals surface area contributed by atoms with Crippen molar-refractivity contribution in [3.8, 4) is 0 Å². The van der Waals surface area contributed by atoms with Gasteiger partial charge in [-0.2, -0.15) is 0 Å². The summed E-state index contributed by atoms with van der Waals surface area (Å²) in [5.41, 5.74) is 0.192. The molecule has 0 spiro atoms. The second-order valence-electron chi connectivity index (χ2n) is 6.22. The number of nitrogens with one attached hydrogen (secondary N) is 1. The molecule has 17 heavy (non-hydrogen) atoms. The number of likely N-dealkylation sites (N-methyl/N-ethyl adjacent to an activating group) is 1. The molecule has 1 saturated carbocycles. The smallest absolute Gasteiger partial charge is 0.0613 e. The number of rotatable bonds is 5. The molecule has 0 aromatic rings. The predicted octanol–water partition coefficient (Wildman–Crippen LogP) is 2.00. The summed E-state index contributed by atoms with van der Waals surface area (Å²) < 4.78 is 0. The summed E-state index contributed by atoms with van der Waals surface area (Å²) in [6, 6.07) is 0.582. The summed E-state index contributed by atoms with van der Waals surface area (Å²) in [4.78, 5) is 2.51. The van der Waals surface area contributed by atoms with Gasteiger partial charge in [-0.15, -0.1) is 0 Å². The van der Waals surface area contributed by atoms with Gasteiger partial charge in [-0.05, 0) is 60.0 Å². The van der Waals surface area contributed by atoms with Crippen molar-refractivity contribution in [3.63, 3.8) is 0 Å². The van der Waals surface area contributed by atoms with Crippen LogP contribution in [-0.2, 0) is 0 Å². The van der Waals surface area contributed by atoms with Crippen LogP contribution < -0.4 is 5.32 Å². The lowest BCUT2D eigenvalue weighted by atomic mass is 9.78. The van der Waals surface area contributed by atoms with Gasteiger partial charge in [0.15, 0.2) is 0 Å². The molecule has 0 bridgehead atoms. The standard InChI is InChI=1S/C14H30N2O/c1-6-13(2,3)16(5)12-8-7-9-14(10-12,11-17)15-4/h12,15,17H,6-11H2,1-5H3. The summed E-state index contributed by atoms with van der Waals surface area (Å²) in [7, 11) is 4.21. The molecule has 0 aromatic heterocycles. The molecule has 3 nitrogen and oxygen atoms in total. The molecule has 0 heterocycles. The van der Waals surface area contributed by atoms with Crippen molar-refractivity contribution in [1.29, 1.82) is 0 Å². The average Bonchev–Trinajstić information content (AvgIpc) is 2.37. The van der Waals surface area contributed by atoms with Gasteiger partial charge in [0.2, 0.25) is 0 Å². The molecule has 2 N–H and O–H groups in total. The number of aliphatic hydroxyl groups is 1. The minimum atomic E-state index is -0.0546. The van der Waals surface area contributed by atoms with Crippen molar-refractivity contribution in [2.24, 2.45) is 0 Å². The molecule has 0 aromatic carbocycles. The van der Waals surface area contributed by atoms with Gasteiger partial charge in [0, 0.05) is 17.1 Å². The number of nitrogens with zero attached hydrogens (tertiary/aromatic N) is 1. The second-order valence-corrected chi connectivity index (χ2v) is 6.22. The minimum absolute atomic E-state index is 0.0546. The number of aliphatic hydroxyl groups excluding tert-OH is 1. The van der Waals surface area contributed by atoms with E-state index in [-0.39, 0.29) is 17.7 Å². The first-order valence-corrected chi connectivity index (χ1v) is 6.93. The normalized spacial score (nSPS) is 30.9. The molecule has 0 saturated heterocycles. The van der Waals surface area contributed by atoms with Crippen LogP contribution in [0.3, 0.4) is 0 Å². The largest absolute Gasteiger partial charge is 0.394 e. The lowest BCUT2D eigenvalue weighted by Crippen LogP contribution is -2.57. The Labute approximate surface area is 107 Å². The quantitative estimate of drug-likeness (QED) is 0.774. The van der Waals surface area contributed by atoms with E-state index < -0.39 is 0 Å². The molecular formula is C14H30N2O. The summed E-state index contributed by atoms with van der Waals surface area (Å²) >= 11 is 0. The first kappa shape index (κ1) is 14.9. The van der Waals surface area contributed by atoms with Crippen LogP contribution >= 0.6 is 0 Å². The van der Waals surface area contributed by atoms with Crippen molar-refractivity contribution >= 4 is 0 Å². The Kier molecular flexibility index (Phi) is 4.99. The van der Waals surface area contributed by atoms with Gasteiger partial charge in [-0.1, -0.05) is 6.92 Å². The first-order valence-electron chi connectivity index (χ1n) is 6.93. The zero-order valence-electron chi connectivity index (χ0n) is 12.2. The zero-order chi connectivity index (χ0) is 13.1. The van der Waals surface area contributed by atoms with E-state index in [4.69, 9.17) is 0 Å². The van der Waals surface area contributed by atoms with Crippen LogP contribution in [0, 0.1) is 0 Å².